The zero-order valence-corrected chi connectivity index (χ0v) is 10.5. The lowest BCUT2D eigenvalue weighted by Gasteiger charge is -2.24. The maximum Gasteiger partial charge on any atom is 0.224 e. The number of nitrogens with one attached hydrogen (secondary N) is 2. The van der Waals surface area contributed by atoms with Crippen LogP contribution in [0.4, 0.5) is 0 Å². The number of H-pyrrole nitrogens is 1. The number of tetrazole rings is 1. The SMILES string of the molecule is CC(C)(C)CC(CN)C(=O)NCc1nn[nH]n1. The second-order valence-electron chi connectivity index (χ2n) is 5.24. The van der Waals surface area contributed by atoms with Gasteiger partial charge in [-0.25, -0.2) is 0 Å². The number of amides is 1. The van der Waals surface area contributed by atoms with Gasteiger partial charge in [-0.05, 0) is 11.8 Å². The molecule has 0 spiro atoms. The van der Waals surface area contributed by atoms with Crippen LogP contribution in [0, 0.1) is 11.3 Å². The summed E-state index contributed by atoms with van der Waals surface area (Å²) in [7, 11) is 0. The van der Waals surface area contributed by atoms with E-state index in [1.54, 1.807) is 0 Å². The molecule has 0 saturated heterocycles. The number of nitrogens with zero attached hydrogens (tertiary/aromatic N) is 3. The van der Waals surface area contributed by atoms with Crippen LogP contribution in [-0.4, -0.2) is 33.1 Å². The molecule has 7 heteroatoms. The molecule has 1 heterocycles. The Hall–Kier alpha value is -1.50. The highest BCUT2D eigenvalue weighted by Crippen LogP contribution is 2.23. The van der Waals surface area contributed by atoms with Gasteiger partial charge in [0, 0.05) is 6.54 Å². The second-order valence-corrected chi connectivity index (χ2v) is 5.24. The predicted octanol–water partition coefficient (Wildman–Crippen LogP) is -0.173. The summed E-state index contributed by atoms with van der Waals surface area (Å²) in [5.74, 6) is 0.221. The summed E-state index contributed by atoms with van der Waals surface area (Å²) in [6.07, 6.45) is 0.752. The largest absolute Gasteiger partial charge is 0.348 e. The molecule has 4 N–H and O–H groups in total. The van der Waals surface area contributed by atoms with E-state index in [1.165, 1.54) is 0 Å². The smallest absolute Gasteiger partial charge is 0.224 e. The minimum absolute atomic E-state index is 0.0628. The van der Waals surface area contributed by atoms with Gasteiger partial charge in [-0.1, -0.05) is 26.0 Å². The van der Waals surface area contributed by atoms with Gasteiger partial charge in [0.25, 0.3) is 0 Å². The Morgan fingerprint density at radius 2 is 2.24 bits per heavy atom. The molecule has 1 amide bonds. The molecule has 1 aromatic heterocycles. The van der Waals surface area contributed by atoms with Crippen molar-refractivity contribution in [3.8, 4) is 0 Å². The lowest BCUT2D eigenvalue weighted by Crippen LogP contribution is -2.37. The summed E-state index contributed by atoms with van der Waals surface area (Å²) >= 11 is 0. The van der Waals surface area contributed by atoms with Crippen LogP contribution in [-0.2, 0) is 11.3 Å². The van der Waals surface area contributed by atoms with E-state index in [0.29, 0.717) is 12.4 Å². The van der Waals surface area contributed by atoms with Gasteiger partial charge in [-0.2, -0.15) is 5.21 Å². The summed E-state index contributed by atoms with van der Waals surface area (Å²) in [4.78, 5) is 11.9. The van der Waals surface area contributed by atoms with Crippen LogP contribution >= 0.6 is 0 Å². The number of aromatic amines is 1. The fraction of sp³-hybridized carbons (Fsp3) is 0.800. The first-order valence-corrected chi connectivity index (χ1v) is 5.62. The maximum atomic E-state index is 11.9. The van der Waals surface area contributed by atoms with E-state index in [2.05, 4.69) is 46.7 Å². The van der Waals surface area contributed by atoms with Gasteiger partial charge in [0.1, 0.15) is 0 Å². The van der Waals surface area contributed by atoms with Gasteiger partial charge in [0.15, 0.2) is 5.82 Å². The Bertz CT molecular complexity index is 342. The number of carbonyl (C=O) groups is 1. The molecule has 17 heavy (non-hydrogen) atoms. The molecule has 1 rings (SSSR count). The van der Waals surface area contributed by atoms with Crippen LogP contribution in [0.1, 0.15) is 33.0 Å². The number of aromatic nitrogens is 4. The van der Waals surface area contributed by atoms with Gasteiger partial charge in [0.2, 0.25) is 5.91 Å². The van der Waals surface area contributed by atoms with Crippen molar-refractivity contribution in [1.82, 2.24) is 25.9 Å². The molecular formula is C10H20N6O. The van der Waals surface area contributed by atoms with Crippen LogP contribution in [0.15, 0.2) is 0 Å². The molecule has 7 nitrogen and oxygen atoms in total. The molecular weight excluding hydrogens is 220 g/mol. The van der Waals surface area contributed by atoms with Gasteiger partial charge >= 0.3 is 0 Å². The van der Waals surface area contributed by atoms with Crippen LogP contribution in [0.2, 0.25) is 0 Å². The van der Waals surface area contributed by atoms with Gasteiger partial charge in [-0.15, -0.1) is 10.2 Å². The van der Waals surface area contributed by atoms with Gasteiger partial charge in [0.05, 0.1) is 12.5 Å². The third-order valence-electron chi connectivity index (χ3n) is 2.32. The lowest BCUT2D eigenvalue weighted by atomic mass is 9.84. The van der Waals surface area contributed by atoms with E-state index in [9.17, 15) is 4.79 Å². The van der Waals surface area contributed by atoms with Crippen molar-refractivity contribution < 1.29 is 4.79 Å². The summed E-state index contributed by atoms with van der Waals surface area (Å²) in [5.41, 5.74) is 5.70. The van der Waals surface area contributed by atoms with Crippen LogP contribution in [0.5, 0.6) is 0 Å². The third-order valence-corrected chi connectivity index (χ3v) is 2.32. The summed E-state index contributed by atoms with van der Waals surface area (Å²) in [6.45, 7) is 6.87. The van der Waals surface area contributed by atoms with Crippen molar-refractivity contribution >= 4 is 5.91 Å². The maximum absolute atomic E-state index is 11.9. The summed E-state index contributed by atoms with van der Waals surface area (Å²) < 4.78 is 0. The fourth-order valence-electron chi connectivity index (χ4n) is 1.59. The average molecular weight is 240 g/mol. The molecule has 1 atom stereocenters. The van der Waals surface area contributed by atoms with Crippen LogP contribution in [0.3, 0.4) is 0 Å². The van der Waals surface area contributed by atoms with Gasteiger partial charge in [-0.3, -0.25) is 4.79 Å². The zero-order chi connectivity index (χ0) is 12.9. The predicted molar refractivity (Wildman–Crippen MR) is 62.6 cm³/mol. The Kier molecular flexibility index (Phi) is 4.56. The Balaban J connectivity index is 2.44. The quantitative estimate of drug-likeness (QED) is 0.661. The summed E-state index contributed by atoms with van der Waals surface area (Å²) in [6, 6.07) is 0. The topological polar surface area (TPSA) is 110 Å². The lowest BCUT2D eigenvalue weighted by molar-refractivity contribution is -0.125. The fourth-order valence-corrected chi connectivity index (χ4v) is 1.59. The molecule has 0 aliphatic carbocycles. The van der Waals surface area contributed by atoms with Crippen molar-refractivity contribution in [3.05, 3.63) is 5.82 Å². The normalized spacial score (nSPS) is 13.4. The van der Waals surface area contributed by atoms with E-state index in [4.69, 9.17) is 5.73 Å². The number of rotatable bonds is 5. The van der Waals surface area contributed by atoms with Crippen molar-refractivity contribution in [3.63, 3.8) is 0 Å². The highest BCUT2D eigenvalue weighted by atomic mass is 16.1. The van der Waals surface area contributed by atoms with Crippen LogP contribution < -0.4 is 11.1 Å². The first-order valence-electron chi connectivity index (χ1n) is 5.62. The number of hydrogen-bond acceptors (Lipinski definition) is 5. The van der Waals surface area contributed by atoms with E-state index in [0.717, 1.165) is 6.42 Å². The number of hydrogen-bond donors (Lipinski definition) is 3. The minimum Gasteiger partial charge on any atom is -0.348 e. The highest BCUT2D eigenvalue weighted by Gasteiger charge is 2.23. The first-order chi connectivity index (χ1) is 7.92. The Labute approximate surface area is 101 Å². The van der Waals surface area contributed by atoms with Crippen molar-refractivity contribution in [1.29, 1.82) is 0 Å². The van der Waals surface area contributed by atoms with E-state index in [1.807, 2.05) is 0 Å². The monoisotopic (exact) mass is 240 g/mol. The van der Waals surface area contributed by atoms with Crippen molar-refractivity contribution in [2.75, 3.05) is 6.54 Å². The number of nitrogens with two attached hydrogens (primary N) is 1. The highest BCUT2D eigenvalue weighted by molar-refractivity contribution is 5.78. The summed E-state index contributed by atoms with van der Waals surface area (Å²) in [5, 5.41) is 16.0. The molecule has 0 aromatic carbocycles. The first kappa shape index (κ1) is 13.6. The molecule has 1 unspecified atom stereocenters. The number of carbonyl (C=O) groups excluding carboxylic acids is 1. The molecule has 0 saturated carbocycles. The molecule has 0 fully saturated rings. The Morgan fingerprint density at radius 1 is 1.53 bits per heavy atom. The molecule has 0 aliphatic rings. The van der Waals surface area contributed by atoms with Crippen molar-refractivity contribution in [2.24, 2.45) is 17.1 Å². The third kappa shape index (κ3) is 4.90. The Morgan fingerprint density at radius 3 is 2.71 bits per heavy atom. The molecule has 1 aromatic rings. The minimum atomic E-state index is -0.179. The molecule has 0 bridgehead atoms. The van der Waals surface area contributed by atoms with E-state index < -0.39 is 0 Å². The second kappa shape index (κ2) is 5.72. The van der Waals surface area contributed by atoms with E-state index in [-0.39, 0.29) is 23.8 Å². The van der Waals surface area contributed by atoms with Crippen LogP contribution in [0.25, 0.3) is 0 Å². The standard InChI is InChI=1S/C10H20N6O/c1-10(2,3)4-7(5-11)9(17)12-6-8-13-15-16-14-8/h7H,4-6,11H2,1-3H3,(H,12,17)(H,13,14,15,16). The van der Waals surface area contributed by atoms with E-state index >= 15 is 0 Å². The molecule has 0 radical (unpaired) electrons. The zero-order valence-electron chi connectivity index (χ0n) is 10.5. The van der Waals surface area contributed by atoms with Gasteiger partial charge < -0.3 is 11.1 Å². The molecule has 0 aliphatic heterocycles. The average Bonchev–Trinajstić information content (AvgIpc) is 2.74. The molecule has 96 valence electrons. The van der Waals surface area contributed by atoms with Crippen molar-refractivity contribution in [2.45, 2.75) is 33.7 Å².